The molecule has 2 rings (SSSR count). The van der Waals surface area contributed by atoms with Gasteiger partial charge in [-0.1, -0.05) is 28.8 Å². The van der Waals surface area contributed by atoms with Crippen molar-refractivity contribution >= 4 is 31.6 Å². The molecular formula is C11H15BrN2O2S. The summed E-state index contributed by atoms with van der Waals surface area (Å²) in [6.45, 7) is 0. The molecule has 0 spiro atoms. The number of rotatable bonds is 3. The minimum atomic E-state index is -3.49. The number of hydrogen-bond acceptors (Lipinski definition) is 3. The Labute approximate surface area is 110 Å². The van der Waals surface area contributed by atoms with E-state index < -0.39 is 10.0 Å². The monoisotopic (exact) mass is 318 g/mol. The topological polar surface area (TPSA) is 72.2 Å². The zero-order valence-electron chi connectivity index (χ0n) is 9.32. The molecule has 1 aromatic carbocycles. The molecule has 0 saturated heterocycles. The van der Waals surface area contributed by atoms with Gasteiger partial charge < -0.3 is 5.73 Å². The molecule has 0 radical (unpaired) electrons. The van der Waals surface area contributed by atoms with Crippen molar-refractivity contribution in [2.24, 2.45) is 0 Å². The van der Waals surface area contributed by atoms with Crippen LogP contribution in [-0.4, -0.2) is 14.5 Å². The van der Waals surface area contributed by atoms with E-state index in [-0.39, 0.29) is 16.6 Å². The predicted molar refractivity (Wildman–Crippen MR) is 71.1 cm³/mol. The zero-order valence-corrected chi connectivity index (χ0v) is 11.7. The summed E-state index contributed by atoms with van der Waals surface area (Å²) in [7, 11) is -3.49. The van der Waals surface area contributed by atoms with Crippen LogP contribution >= 0.6 is 15.9 Å². The summed E-state index contributed by atoms with van der Waals surface area (Å²) < 4.78 is 27.7. The molecule has 17 heavy (non-hydrogen) atoms. The smallest absolute Gasteiger partial charge is 0.242 e. The highest BCUT2D eigenvalue weighted by atomic mass is 79.9. The van der Waals surface area contributed by atoms with Gasteiger partial charge in [-0.25, -0.2) is 13.1 Å². The van der Waals surface area contributed by atoms with Gasteiger partial charge in [0.05, 0.1) is 5.69 Å². The highest BCUT2D eigenvalue weighted by molar-refractivity contribution is 9.10. The van der Waals surface area contributed by atoms with Crippen LogP contribution in [0.1, 0.15) is 25.7 Å². The maximum Gasteiger partial charge on any atom is 0.242 e. The second kappa shape index (κ2) is 4.96. The molecule has 0 atom stereocenters. The van der Waals surface area contributed by atoms with Gasteiger partial charge in [0.1, 0.15) is 4.90 Å². The summed E-state index contributed by atoms with van der Waals surface area (Å²) in [5, 5.41) is 0. The van der Waals surface area contributed by atoms with Crippen LogP contribution in [0.2, 0.25) is 0 Å². The summed E-state index contributed by atoms with van der Waals surface area (Å²) in [6, 6.07) is 4.86. The molecule has 0 unspecified atom stereocenters. The maximum absolute atomic E-state index is 12.1. The Hall–Kier alpha value is -0.590. The Morgan fingerprint density at radius 1 is 1.29 bits per heavy atom. The van der Waals surface area contributed by atoms with Gasteiger partial charge in [-0.15, -0.1) is 0 Å². The van der Waals surface area contributed by atoms with Crippen LogP contribution in [0.3, 0.4) is 0 Å². The number of anilines is 1. The Morgan fingerprint density at radius 2 is 1.94 bits per heavy atom. The fourth-order valence-corrected chi connectivity index (χ4v) is 3.89. The van der Waals surface area contributed by atoms with Gasteiger partial charge in [0.15, 0.2) is 0 Å². The largest absolute Gasteiger partial charge is 0.398 e. The second-order valence-electron chi connectivity index (χ2n) is 4.28. The average molecular weight is 319 g/mol. The number of halogens is 1. The Morgan fingerprint density at radius 3 is 2.53 bits per heavy atom. The number of sulfonamides is 1. The molecule has 0 aliphatic heterocycles. The number of benzene rings is 1. The van der Waals surface area contributed by atoms with E-state index in [1.807, 2.05) is 0 Å². The number of hydrogen-bond donors (Lipinski definition) is 2. The Kier molecular flexibility index (Phi) is 3.75. The summed E-state index contributed by atoms with van der Waals surface area (Å²) >= 11 is 3.26. The van der Waals surface area contributed by atoms with Crippen molar-refractivity contribution in [2.45, 2.75) is 36.6 Å². The number of nitrogens with one attached hydrogen (secondary N) is 1. The number of nitrogen functional groups attached to an aromatic ring is 1. The third kappa shape index (κ3) is 3.00. The van der Waals surface area contributed by atoms with E-state index in [2.05, 4.69) is 20.7 Å². The Bertz CT molecular complexity index is 510. The normalized spacial score (nSPS) is 17.5. The van der Waals surface area contributed by atoms with Gasteiger partial charge in [0, 0.05) is 10.5 Å². The lowest BCUT2D eigenvalue weighted by molar-refractivity contribution is 0.552. The van der Waals surface area contributed by atoms with Gasteiger partial charge in [0.25, 0.3) is 0 Å². The highest BCUT2D eigenvalue weighted by Crippen LogP contribution is 2.25. The van der Waals surface area contributed by atoms with Crippen molar-refractivity contribution in [1.82, 2.24) is 4.72 Å². The summed E-state index contributed by atoms with van der Waals surface area (Å²) in [6.07, 6.45) is 4.00. The van der Waals surface area contributed by atoms with Crippen LogP contribution in [0, 0.1) is 0 Å². The van der Waals surface area contributed by atoms with Crippen LogP contribution < -0.4 is 10.5 Å². The van der Waals surface area contributed by atoms with Crippen molar-refractivity contribution in [2.75, 3.05) is 5.73 Å². The van der Waals surface area contributed by atoms with E-state index in [0.717, 1.165) is 30.2 Å². The lowest BCUT2D eigenvalue weighted by Gasteiger charge is -2.13. The molecule has 0 aromatic heterocycles. The predicted octanol–water partition coefficient (Wildman–Crippen LogP) is 2.25. The molecule has 1 saturated carbocycles. The highest BCUT2D eigenvalue weighted by Gasteiger charge is 2.24. The van der Waals surface area contributed by atoms with Crippen LogP contribution in [0.4, 0.5) is 5.69 Å². The van der Waals surface area contributed by atoms with Gasteiger partial charge in [0.2, 0.25) is 10.0 Å². The molecule has 1 aromatic rings. The van der Waals surface area contributed by atoms with Gasteiger partial charge >= 0.3 is 0 Å². The summed E-state index contributed by atoms with van der Waals surface area (Å²) in [5.41, 5.74) is 6.00. The first kappa shape index (κ1) is 12.9. The molecule has 6 heteroatoms. The molecule has 4 nitrogen and oxygen atoms in total. The first-order valence-corrected chi connectivity index (χ1v) is 7.84. The minimum absolute atomic E-state index is 0.0584. The second-order valence-corrected chi connectivity index (χ2v) is 6.88. The molecule has 0 bridgehead atoms. The van der Waals surface area contributed by atoms with Crippen molar-refractivity contribution in [3.63, 3.8) is 0 Å². The fraction of sp³-hybridized carbons (Fsp3) is 0.455. The molecule has 1 aliphatic carbocycles. The van der Waals surface area contributed by atoms with Crippen molar-refractivity contribution in [3.05, 3.63) is 22.7 Å². The molecule has 1 fully saturated rings. The zero-order chi connectivity index (χ0) is 12.5. The SMILES string of the molecule is Nc1cc(Br)ccc1S(=O)(=O)NC1CCCC1. The Balaban J connectivity index is 2.24. The van der Waals surface area contributed by atoms with Crippen LogP contribution in [-0.2, 0) is 10.0 Å². The molecular weight excluding hydrogens is 304 g/mol. The molecule has 3 N–H and O–H groups in total. The van der Waals surface area contributed by atoms with Gasteiger partial charge in [-0.3, -0.25) is 0 Å². The lowest BCUT2D eigenvalue weighted by Crippen LogP contribution is -2.33. The molecule has 1 aliphatic rings. The third-order valence-electron chi connectivity index (χ3n) is 2.94. The lowest BCUT2D eigenvalue weighted by atomic mass is 10.3. The maximum atomic E-state index is 12.1. The third-order valence-corrected chi connectivity index (χ3v) is 5.03. The molecule has 0 amide bonds. The van der Waals surface area contributed by atoms with Crippen LogP contribution in [0.5, 0.6) is 0 Å². The van der Waals surface area contributed by atoms with E-state index in [9.17, 15) is 8.42 Å². The van der Waals surface area contributed by atoms with Gasteiger partial charge in [-0.2, -0.15) is 0 Å². The first-order valence-electron chi connectivity index (χ1n) is 5.56. The quantitative estimate of drug-likeness (QED) is 0.840. The van der Waals surface area contributed by atoms with Crippen molar-refractivity contribution in [1.29, 1.82) is 0 Å². The van der Waals surface area contributed by atoms with Crippen LogP contribution in [0.25, 0.3) is 0 Å². The molecule has 94 valence electrons. The first-order chi connectivity index (χ1) is 7.99. The summed E-state index contributed by atoms with van der Waals surface area (Å²) in [4.78, 5) is 0.160. The van der Waals surface area contributed by atoms with E-state index in [1.165, 1.54) is 6.07 Å². The molecule has 0 heterocycles. The fourth-order valence-electron chi connectivity index (χ4n) is 2.09. The van der Waals surface area contributed by atoms with Crippen LogP contribution in [0.15, 0.2) is 27.6 Å². The van der Waals surface area contributed by atoms with E-state index in [1.54, 1.807) is 12.1 Å². The summed E-state index contributed by atoms with van der Waals surface area (Å²) in [5.74, 6) is 0. The number of nitrogens with two attached hydrogens (primary N) is 1. The van der Waals surface area contributed by atoms with Gasteiger partial charge in [-0.05, 0) is 31.0 Å². The van der Waals surface area contributed by atoms with E-state index >= 15 is 0 Å². The van der Waals surface area contributed by atoms with Crippen molar-refractivity contribution < 1.29 is 8.42 Å². The van der Waals surface area contributed by atoms with Crippen molar-refractivity contribution in [3.8, 4) is 0 Å². The van der Waals surface area contributed by atoms with E-state index in [0.29, 0.717) is 0 Å². The minimum Gasteiger partial charge on any atom is -0.398 e. The average Bonchev–Trinajstić information content (AvgIpc) is 2.68. The standard InChI is InChI=1S/C11H15BrN2O2S/c12-8-5-6-11(10(13)7-8)17(15,16)14-9-3-1-2-4-9/h5-7,9,14H,1-4,13H2. The van der Waals surface area contributed by atoms with E-state index in [4.69, 9.17) is 5.73 Å².